The standard InChI is InChI=1S/C15H16N2/c1-2-7-13(8-3-1)14-9-6-12-17(14)15-10-4-5-11-16-15/h1-5,7-8,10-11,14H,6,9,12H2. The average molecular weight is 224 g/mol. The Balaban J connectivity index is 1.91. The molecule has 1 atom stereocenters. The van der Waals surface area contributed by atoms with Crippen LogP contribution in [0.25, 0.3) is 0 Å². The summed E-state index contributed by atoms with van der Waals surface area (Å²) in [5.41, 5.74) is 1.40. The van der Waals surface area contributed by atoms with Crippen LogP contribution in [0, 0.1) is 0 Å². The third kappa shape index (κ3) is 2.03. The van der Waals surface area contributed by atoms with Gasteiger partial charge in [-0.25, -0.2) is 4.98 Å². The largest absolute Gasteiger partial charge is 0.350 e. The maximum atomic E-state index is 4.46. The Morgan fingerprint density at radius 2 is 1.82 bits per heavy atom. The average Bonchev–Trinajstić information content (AvgIpc) is 2.90. The summed E-state index contributed by atoms with van der Waals surface area (Å²) in [6, 6.07) is 17.3. The van der Waals surface area contributed by atoms with Crippen molar-refractivity contribution in [3.05, 3.63) is 60.3 Å². The lowest BCUT2D eigenvalue weighted by molar-refractivity contribution is 0.712. The van der Waals surface area contributed by atoms with Gasteiger partial charge in [0.2, 0.25) is 0 Å². The van der Waals surface area contributed by atoms with Gasteiger partial charge in [0.1, 0.15) is 5.82 Å². The van der Waals surface area contributed by atoms with Crippen molar-refractivity contribution in [2.45, 2.75) is 18.9 Å². The number of hydrogen-bond acceptors (Lipinski definition) is 2. The fourth-order valence-electron chi connectivity index (χ4n) is 2.59. The van der Waals surface area contributed by atoms with Gasteiger partial charge in [-0.2, -0.15) is 0 Å². The molecule has 17 heavy (non-hydrogen) atoms. The maximum Gasteiger partial charge on any atom is 0.128 e. The predicted octanol–water partition coefficient (Wildman–Crippen LogP) is 3.42. The summed E-state index contributed by atoms with van der Waals surface area (Å²) in [6.45, 7) is 1.11. The zero-order valence-electron chi connectivity index (χ0n) is 9.79. The fraction of sp³-hybridized carbons (Fsp3) is 0.267. The smallest absolute Gasteiger partial charge is 0.128 e. The van der Waals surface area contributed by atoms with Crippen molar-refractivity contribution >= 4 is 5.82 Å². The Kier molecular flexibility index (Phi) is 2.78. The number of hydrogen-bond donors (Lipinski definition) is 0. The molecule has 2 aromatic rings. The van der Waals surface area contributed by atoms with Gasteiger partial charge < -0.3 is 4.90 Å². The molecule has 1 fully saturated rings. The molecule has 0 aliphatic carbocycles. The summed E-state index contributed by atoms with van der Waals surface area (Å²) < 4.78 is 0. The summed E-state index contributed by atoms with van der Waals surface area (Å²) >= 11 is 0. The molecular weight excluding hydrogens is 208 g/mol. The number of pyridine rings is 1. The molecule has 0 radical (unpaired) electrons. The normalized spacial score (nSPS) is 19.5. The molecule has 1 aromatic carbocycles. The Bertz CT molecular complexity index is 421. The highest BCUT2D eigenvalue weighted by molar-refractivity contribution is 5.43. The SMILES string of the molecule is c1ccc(C2CCCN2c2ccccn2)cc1. The topological polar surface area (TPSA) is 16.1 Å². The quantitative estimate of drug-likeness (QED) is 0.777. The van der Waals surface area contributed by atoms with Crippen molar-refractivity contribution in [2.24, 2.45) is 0 Å². The van der Waals surface area contributed by atoms with Gasteiger partial charge in [0.05, 0.1) is 6.04 Å². The van der Waals surface area contributed by atoms with Crippen molar-refractivity contribution in [1.29, 1.82) is 0 Å². The van der Waals surface area contributed by atoms with E-state index in [2.05, 4.69) is 52.3 Å². The second-order valence-corrected chi connectivity index (χ2v) is 4.45. The van der Waals surface area contributed by atoms with Crippen LogP contribution in [0.5, 0.6) is 0 Å². The van der Waals surface area contributed by atoms with Crippen LogP contribution >= 0.6 is 0 Å². The number of benzene rings is 1. The van der Waals surface area contributed by atoms with E-state index in [1.807, 2.05) is 12.3 Å². The van der Waals surface area contributed by atoms with Gasteiger partial charge in [-0.1, -0.05) is 36.4 Å². The van der Waals surface area contributed by atoms with Gasteiger partial charge in [-0.3, -0.25) is 0 Å². The van der Waals surface area contributed by atoms with E-state index in [-0.39, 0.29) is 0 Å². The van der Waals surface area contributed by atoms with Crippen LogP contribution < -0.4 is 4.90 Å². The molecule has 1 saturated heterocycles. The first kappa shape index (κ1) is 10.3. The first-order valence-electron chi connectivity index (χ1n) is 6.18. The molecule has 2 heteroatoms. The van der Waals surface area contributed by atoms with Crippen LogP contribution in [-0.4, -0.2) is 11.5 Å². The third-order valence-corrected chi connectivity index (χ3v) is 3.38. The maximum absolute atomic E-state index is 4.46. The molecule has 1 unspecified atom stereocenters. The second-order valence-electron chi connectivity index (χ2n) is 4.45. The number of aromatic nitrogens is 1. The second kappa shape index (κ2) is 4.58. The molecule has 0 bridgehead atoms. The minimum atomic E-state index is 0.492. The lowest BCUT2D eigenvalue weighted by Gasteiger charge is -2.25. The van der Waals surface area contributed by atoms with E-state index in [0.717, 1.165) is 12.4 Å². The van der Waals surface area contributed by atoms with E-state index in [0.29, 0.717) is 6.04 Å². The van der Waals surface area contributed by atoms with Crippen LogP contribution in [0.3, 0.4) is 0 Å². The Labute approximate surface area is 102 Å². The number of rotatable bonds is 2. The highest BCUT2D eigenvalue weighted by atomic mass is 15.2. The molecule has 0 spiro atoms. The lowest BCUT2D eigenvalue weighted by Crippen LogP contribution is -2.23. The highest BCUT2D eigenvalue weighted by Gasteiger charge is 2.26. The van der Waals surface area contributed by atoms with Crippen molar-refractivity contribution in [1.82, 2.24) is 4.98 Å². The van der Waals surface area contributed by atoms with Gasteiger partial charge in [-0.05, 0) is 30.5 Å². The van der Waals surface area contributed by atoms with Crippen LogP contribution in [0.1, 0.15) is 24.4 Å². The van der Waals surface area contributed by atoms with E-state index >= 15 is 0 Å². The molecule has 2 nitrogen and oxygen atoms in total. The van der Waals surface area contributed by atoms with Gasteiger partial charge in [0.15, 0.2) is 0 Å². The Morgan fingerprint density at radius 1 is 1.00 bits per heavy atom. The Morgan fingerprint density at radius 3 is 2.59 bits per heavy atom. The molecule has 2 heterocycles. The van der Waals surface area contributed by atoms with Crippen molar-refractivity contribution in [3.63, 3.8) is 0 Å². The predicted molar refractivity (Wildman–Crippen MR) is 70.0 cm³/mol. The number of anilines is 1. The minimum absolute atomic E-state index is 0.492. The summed E-state index contributed by atoms with van der Waals surface area (Å²) in [5, 5.41) is 0. The van der Waals surface area contributed by atoms with Gasteiger partial charge in [-0.15, -0.1) is 0 Å². The summed E-state index contributed by atoms with van der Waals surface area (Å²) in [7, 11) is 0. The van der Waals surface area contributed by atoms with Crippen LogP contribution in [0.2, 0.25) is 0 Å². The van der Waals surface area contributed by atoms with E-state index in [1.54, 1.807) is 0 Å². The third-order valence-electron chi connectivity index (χ3n) is 3.38. The van der Waals surface area contributed by atoms with Crippen molar-refractivity contribution in [3.8, 4) is 0 Å². The molecule has 86 valence electrons. The monoisotopic (exact) mass is 224 g/mol. The van der Waals surface area contributed by atoms with Crippen LogP contribution in [-0.2, 0) is 0 Å². The first-order chi connectivity index (χ1) is 8.45. The summed E-state index contributed by atoms with van der Waals surface area (Å²) in [6.07, 6.45) is 4.34. The van der Waals surface area contributed by atoms with E-state index in [4.69, 9.17) is 0 Å². The lowest BCUT2D eigenvalue weighted by atomic mass is 10.0. The van der Waals surface area contributed by atoms with Gasteiger partial charge in [0.25, 0.3) is 0 Å². The van der Waals surface area contributed by atoms with Crippen molar-refractivity contribution < 1.29 is 0 Å². The number of nitrogens with zero attached hydrogens (tertiary/aromatic N) is 2. The molecule has 0 N–H and O–H groups in total. The van der Waals surface area contributed by atoms with Crippen LogP contribution in [0.15, 0.2) is 54.7 Å². The van der Waals surface area contributed by atoms with Crippen molar-refractivity contribution in [2.75, 3.05) is 11.4 Å². The first-order valence-corrected chi connectivity index (χ1v) is 6.18. The fourth-order valence-corrected chi connectivity index (χ4v) is 2.59. The minimum Gasteiger partial charge on any atom is -0.350 e. The van der Waals surface area contributed by atoms with Gasteiger partial charge >= 0.3 is 0 Å². The zero-order chi connectivity index (χ0) is 11.5. The van der Waals surface area contributed by atoms with Crippen LogP contribution in [0.4, 0.5) is 5.82 Å². The van der Waals surface area contributed by atoms with E-state index < -0.39 is 0 Å². The summed E-state index contributed by atoms with van der Waals surface area (Å²) in [4.78, 5) is 6.87. The molecular formula is C15H16N2. The Hall–Kier alpha value is -1.83. The molecule has 1 aromatic heterocycles. The highest BCUT2D eigenvalue weighted by Crippen LogP contribution is 2.34. The molecule has 0 amide bonds. The molecule has 3 rings (SSSR count). The van der Waals surface area contributed by atoms with E-state index in [9.17, 15) is 0 Å². The molecule has 0 saturated carbocycles. The molecule has 1 aliphatic heterocycles. The van der Waals surface area contributed by atoms with E-state index in [1.165, 1.54) is 18.4 Å². The summed E-state index contributed by atoms with van der Waals surface area (Å²) in [5.74, 6) is 1.10. The zero-order valence-corrected chi connectivity index (χ0v) is 9.79. The van der Waals surface area contributed by atoms with Gasteiger partial charge in [0, 0.05) is 12.7 Å². The molecule has 1 aliphatic rings.